The molecule has 0 aliphatic carbocycles. The summed E-state index contributed by atoms with van der Waals surface area (Å²) in [6, 6.07) is 0. The summed E-state index contributed by atoms with van der Waals surface area (Å²) in [6.07, 6.45) is 3.80. The van der Waals surface area contributed by atoms with Crippen molar-refractivity contribution in [1.82, 2.24) is 13.9 Å². The lowest BCUT2D eigenvalue weighted by Crippen LogP contribution is -2.32. The van der Waals surface area contributed by atoms with Crippen LogP contribution in [0.15, 0.2) is 17.6 Å². The lowest BCUT2D eigenvalue weighted by atomic mass is 10.5. The van der Waals surface area contributed by atoms with E-state index in [2.05, 4.69) is 20.9 Å². The van der Waals surface area contributed by atoms with Crippen LogP contribution in [-0.4, -0.2) is 40.7 Å². The predicted molar refractivity (Wildman–Crippen MR) is 66.1 cm³/mol. The summed E-state index contributed by atoms with van der Waals surface area (Å²) in [5, 5.41) is 0.910. The van der Waals surface area contributed by atoms with Gasteiger partial charge in [-0.05, 0) is 6.42 Å². The lowest BCUT2D eigenvalue weighted by Gasteiger charge is -2.18. The summed E-state index contributed by atoms with van der Waals surface area (Å²) in [6.45, 7) is 2.81. The number of imidazole rings is 1. The maximum Gasteiger partial charge on any atom is 0.262 e. The fourth-order valence-electron chi connectivity index (χ4n) is 1.34. The zero-order chi connectivity index (χ0) is 12.2. The molecule has 1 rings (SSSR count). The molecule has 0 atom stereocenters. The van der Waals surface area contributed by atoms with Crippen LogP contribution in [0.2, 0.25) is 0 Å². The number of hydrogen-bond acceptors (Lipinski definition) is 3. The maximum absolute atomic E-state index is 12.1. The van der Waals surface area contributed by atoms with Crippen molar-refractivity contribution < 1.29 is 8.42 Å². The minimum Gasteiger partial charge on any atom is -0.339 e. The van der Waals surface area contributed by atoms with Crippen LogP contribution >= 0.6 is 15.9 Å². The van der Waals surface area contributed by atoms with Crippen molar-refractivity contribution in [2.75, 3.05) is 18.4 Å². The summed E-state index contributed by atoms with van der Waals surface area (Å²) in [5.74, 6) is 0. The largest absolute Gasteiger partial charge is 0.339 e. The smallest absolute Gasteiger partial charge is 0.262 e. The molecule has 0 fully saturated rings. The molecule has 16 heavy (non-hydrogen) atoms. The molecule has 1 aromatic heterocycles. The summed E-state index contributed by atoms with van der Waals surface area (Å²) in [4.78, 5) is 3.89. The molecular formula is C9H16BrN3O2S. The predicted octanol–water partition coefficient (Wildman–Crippen LogP) is 1.22. The number of aryl methyl sites for hydroxylation is 1. The zero-order valence-electron chi connectivity index (χ0n) is 9.43. The van der Waals surface area contributed by atoms with Crippen molar-refractivity contribution >= 4 is 26.0 Å². The highest BCUT2D eigenvalue weighted by molar-refractivity contribution is 9.09. The molecule has 5 nitrogen and oxygen atoms in total. The third-order valence-electron chi connectivity index (χ3n) is 2.18. The average Bonchev–Trinajstić information content (AvgIpc) is 2.66. The third-order valence-corrected chi connectivity index (χ3v) is 4.60. The van der Waals surface area contributed by atoms with E-state index in [1.807, 2.05) is 6.92 Å². The van der Waals surface area contributed by atoms with E-state index in [1.165, 1.54) is 16.8 Å². The summed E-state index contributed by atoms with van der Waals surface area (Å²) in [5.41, 5.74) is 0. The molecule has 0 unspecified atom stereocenters. The fraction of sp³-hybridized carbons (Fsp3) is 0.667. The van der Waals surface area contributed by atoms with Crippen molar-refractivity contribution in [3.05, 3.63) is 12.5 Å². The fourth-order valence-corrected chi connectivity index (χ4v) is 3.04. The Labute approximate surface area is 105 Å². The minimum atomic E-state index is -3.42. The van der Waals surface area contributed by atoms with E-state index in [1.54, 1.807) is 11.6 Å². The van der Waals surface area contributed by atoms with Crippen LogP contribution in [0.1, 0.15) is 13.3 Å². The van der Waals surface area contributed by atoms with E-state index in [0.29, 0.717) is 13.1 Å². The van der Waals surface area contributed by atoms with Gasteiger partial charge in [0.1, 0.15) is 0 Å². The Morgan fingerprint density at radius 3 is 2.69 bits per heavy atom. The Morgan fingerprint density at radius 2 is 2.25 bits per heavy atom. The van der Waals surface area contributed by atoms with Gasteiger partial charge in [-0.25, -0.2) is 13.4 Å². The molecule has 0 radical (unpaired) electrons. The van der Waals surface area contributed by atoms with E-state index in [-0.39, 0.29) is 5.03 Å². The summed E-state index contributed by atoms with van der Waals surface area (Å²) >= 11 is 3.29. The Bertz CT molecular complexity index is 430. The normalized spacial score (nSPS) is 12.2. The van der Waals surface area contributed by atoms with Gasteiger partial charge in [0.05, 0.1) is 6.33 Å². The van der Waals surface area contributed by atoms with Crippen molar-refractivity contribution in [2.45, 2.75) is 18.4 Å². The Kier molecular flexibility index (Phi) is 4.94. The van der Waals surface area contributed by atoms with E-state index in [0.717, 1.165) is 11.8 Å². The second-order valence-electron chi connectivity index (χ2n) is 3.42. The molecule has 0 bridgehead atoms. The van der Waals surface area contributed by atoms with E-state index in [9.17, 15) is 8.42 Å². The van der Waals surface area contributed by atoms with Crippen LogP contribution in [0.25, 0.3) is 0 Å². The van der Waals surface area contributed by atoms with Crippen molar-refractivity contribution in [2.24, 2.45) is 7.05 Å². The van der Waals surface area contributed by atoms with Crippen molar-refractivity contribution in [3.63, 3.8) is 0 Å². The van der Waals surface area contributed by atoms with Crippen LogP contribution in [0.4, 0.5) is 0 Å². The summed E-state index contributed by atoms with van der Waals surface area (Å²) in [7, 11) is -1.67. The van der Waals surface area contributed by atoms with Gasteiger partial charge in [-0.2, -0.15) is 4.31 Å². The average molecular weight is 310 g/mol. The topological polar surface area (TPSA) is 55.2 Å². The molecule has 7 heteroatoms. The van der Waals surface area contributed by atoms with Gasteiger partial charge >= 0.3 is 0 Å². The number of rotatable bonds is 6. The highest BCUT2D eigenvalue weighted by Gasteiger charge is 2.24. The van der Waals surface area contributed by atoms with Crippen molar-refractivity contribution in [3.8, 4) is 0 Å². The van der Waals surface area contributed by atoms with Gasteiger partial charge in [-0.3, -0.25) is 0 Å². The SMILES string of the molecule is CCN(CCCBr)S(=O)(=O)c1cn(C)cn1. The quantitative estimate of drug-likeness (QED) is 0.742. The van der Waals surface area contributed by atoms with Crippen LogP contribution in [0, 0.1) is 0 Å². The molecule has 0 spiro atoms. The molecule has 0 N–H and O–H groups in total. The number of aromatic nitrogens is 2. The van der Waals surface area contributed by atoms with Gasteiger partial charge in [0.2, 0.25) is 0 Å². The van der Waals surface area contributed by atoms with E-state index < -0.39 is 10.0 Å². The van der Waals surface area contributed by atoms with E-state index in [4.69, 9.17) is 0 Å². The number of alkyl halides is 1. The monoisotopic (exact) mass is 309 g/mol. The molecule has 92 valence electrons. The molecule has 0 saturated carbocycles. The van der Waals surface area contributed by atoms with Gasteiger partial charge in [-0.1, -0.05) is 22.9 Å². The standard InChI is InChI=1S/C9H16BrN3O2S/c1-3-13(6-4-5-10)16(14,15)9-7-12(2)8-11-9/h7-8H,3-6H2,1-2H3. The Hall–Kier alpha value is -0.400. The molecule has 0 aliphatic heterocycles. The minimum absolute atomic E-state index is 0.117. The molecule has 0 aromatic carbocycles. The van der Waals surface area contributed by atoms with Crippen LogP contribution in [-0.2, 0) is 17.1 Å². The van der Waals surface area contributed by atoms with Gasteiger partial charge in [0.25, 0.3) is 10.0 Å². The summed E-state index contributed by atoms with van der Waals surface area (Å²) < 4.78 is 27.3. The first-order valence-electron chi connectivity index (χ1n) is 5.06. The van der Waals surface area contributed by atoms with Crippen LogP contribution in [0.5, 0.6) is 0 Å². The first-order valence-corrected chi connectivity index (χ1v) is 7.62. The maximum atomic E-state index is 12.1. The van der Waals surface area contributed by atoms with Gasteiger partial charge in [0.15, 0.2) is 5.03 Å². The second kappa shape index (κ2) is 5.79. The highest BCUT2D eigenvalue weighted by atomic mass is 79.9. The first-order chi connectivity index (χ1) is 7.52. The Balaban J connectivity index is 2.90. The zero-order valence-corrected chi connectivity index (χ0v) is 11.8. The molecule has 1 heterocycles. The number of halogens is 1. The number of nitrogens with zero attached hydrogens (tertiary/aromatic N) is 3. The third kappa shape index (κ3) is 3.05. The van der Waals surface area contributed by atoms with E-state index >= 15 is 0 Å². The van der Waals surface area contributed by atoms with Crippen LogP contribution < -0.4 is 0 Å². The van der Waals surface area contributed by atoms with Crippen molar-refractivity contribution in [1.29, 1.82) is 0 Å². The van der Waals surface area contributed by atoms with Gasteiger partial charge < -0.3 is 4.57 Å². The molecule has 1 aromatic rings. The Morgan fingerprint density at radius 1 is 1.56 bits per heavy atom. The lowest BCUT2D eigenvalue weighted by molar-refractivity contribution is 0.426. The number of hydrogen-bond donors (Lipinski definition) is 0. The number of sulfonamides is 1. The highest BCUT2D eigenvalue weighted by Crippen LogP contribution is 2.13. The van der Waals surface area contributed by atoms with Gasteiger partial charge in [0, 0.05) is 31.7 Å². The van der Waals surface area contributed by atoms with Crippen LogP contribution in [0.3, 0.4) is 0 Å². The second-order valence-corrected chi connectivity index (χ2v) is 6.09. The van der Waals surface area contributed by atoms with Gasteiger partial charge in [-0.15, -0.1) is 0 Å². The molecule has 0 saturated heterocycles. The molecule has 0 amide bonds. The molecular weight excluding hydrogens is 294 g/mol. The first kappa shape index (κ1) is 13.7. The molecule has 0 aliphatic rings.